The zero-order chi connectivity index (χ0) is 11.5. The molecule has 1 unspecified atom stereocenters. The monoisotopic (exact) mass is 240 g/mol. The summed E-state index contributed by atoms with van der Waals surface area (Å²) >= 11 is 6.16. The van der Waals surface area contributed by atoms with E-state index in [1.165, 1.54) is 0 Å². The second-order valence-electron chi connectivity index (χ2n) is 4.32. The molecule has 1 heterocycles. The van der Waals surface area contributed by atoms with Gasteiger partial charge >= 0.3 is 0 Å². The lowest BCUT2D eigenvalue weighted by atomic mass is 10.1. The maximum Gasteiger partial charge on any atom is 0.0660 e. The number of hydrogen-bond donors (Lipinski definition) is 2. The highest BCUT2D eigenvalue weighted by Gasteiger charge is 2.23. The van der Waals surface area contributed by atoms with Crippen LogP contribution in [0.15, 0.2) is 18.2 Å². The van der Waals surface area contributed by atoms with Gasteiger partial charge in [-0.3, -0.25) is 0 Å². The Balaban J connectivity index is 2.08. The molecule has 3 N–H and O–H groups in total. The van der Waals surface area contributed by atoms with E-state index < -0.39 is 0 Å². The first-order valence-electron chi connectivity index (χ1n) is 5.61. The third-order valence-corrected chi connectivity index (χ3v) is 3.44. The van der Waals surface area contributed by atoms with Gasteiger partial charge in [0, 0.05) is 25.4 Å². The molecule has 0 radical (unpaired) electrons. The summed E-state index contributed by atoms with van der Waals surface area (Å²) in [4.78, 5) is 2.27. The standard InChI is InChI=1S/C12H17ClN2O/c13-11-7-10(14)1-2-12(11)15-5-3-9(8-15)4-6-16/h1-2,7,9,16H,3-6,8,14H2. The molecule has 1 fully saturated rings. The molecular formula is C12H17ClN2O. The Bertz CT molecular complexity index is 370. The van der Waals surface area contributed by atoms with E-state index in [0.717, 1.165) is 31.6 Å². The van der Waals surface area contributed by atoms with Crippen LogP contribution in [0.3, 0.4) is 0 Å². The third kappa shape index (κ3) is 2.42. The maximum absolute atomic E-state index is 8.91. The van der Waals surface area contributed by atoms with E-state index in [9.17, 15) is 0 Å². The molecule has 1 aromatic carbocycles. The van der Waals surface area contributed by atoms with Crippen molar-refractivity contribution in [2.75, 3.05) is 30.3 Å². The van der Waals surface area contributed by atoms with Crippen LogP contribution in [0.25, 0.3) is 0 Å². The van der Waals surface area contributed by atoms with Crippen molar-refractivity contribution in [1.82, 2.24) is 0 Å². The maximum atomic E-state index is 8.91. The average Bonchev–Trinajstić information content (AvgIpc) is 2.67. The minimum Gasteiger partial charge on any atom is -0.399 e. The molecule has 1 aromatic rings. The topological polar surface area (TPSA) is 49.5 Å². The second kappa shape index (κ2) is 4.93. The molecule has 2 rings (SSSR count). The minimum atomic E-state index is 0.272. The van der Waals surface area contributed by atoms with Crippen molar-refractivity contribution >= 4 is 23.0 Å². The van der Waals surface area contributed by atoms with Gasteiger partial charge in [-0.1, -0.05) is 11.6 Å². The summed E-state index contributed by atoms with van der Waals surface area (Å²) in [7, 11) is 0. The van der Waals surface area contributed by atoms with E-state index >= 15 is 0 Å². The van der Waals surface area contributed by atoms with Crippen LogP contribution in [-0.4, -0.2) is 24.8 Å². The number of aliphatic hydroxyl groups excluding tert-OH is 1. The molecule has 4 heteroatoms. The van der Waals surface area contributed by atoms with Crippen LogP contribution in [0.1, 0.15) is 12.8 Å². The Kier molecular flexibility index (Phi) is 3.56. The number of hydrogen-bond acceptors (Lipinski definition) is 3. The summed E-state index contributed by atoms with van der Waals surface area (Å²) in [6, 6.07) is 5.63. The molecule has 0 amide bonds. The normalized spacial score (nSPS) is 20.4. The number of rotatable bonds is 3. The zero-order valence-corrected chi connectivity index (χ0v) is 9.95. The summed E-state index contributed by atoms with van der Waals surface area (Å²) in [5, 5.41) is 9.63. The van der Waals surface area contributed by atoms with E-state index in [-0.39, 0.29) is 6.61 Å². The van der Waals surface area contributed by atoms with Crippen molar-refractivity contribution in [3.8, 4) is 0 Å². The fraction of sp³-hybridized carbons (Fsp3) is 0.500. The second-order valence-corrected chi connectivity index (χ2v) is 4.73. The first-order valence-corrected chi connectivity index (χ1v) is 5.99. The fourth-order valence-electron chi connectivity index (χ4n) is 2.25. The Morgan fingerprint density at radius 3 is 3.00 bits per heavy atom. The van der Waals surface area contributed by atoms with Crippen LogP contribution in [0.5, 0.6) is 0 Å². The summed E-state index contributed by atoms with van der Waals surface area (Å²) in [5.74, 6) is 0.582. The predicted octanol–water partition coefficient (Wildman–Crippen LogP) is 2.13. The molecule has 16 heavy (non-hydrogen) atoms. The summed E-state index contributed by atoms with van der Waals surface area (Å²) in [6.07, 6.45) is 2.00. The minimum absolute atomic E-state index is 0.272. The van der Waals surface area contributed by atoms with E-state index in [1.807, 2.05) is 12.1 Å². The van der Waals surface area contributed by atoms with E-state index in [2.05, 4.69) is 4.90 Å². The molecule has 88 valence electrons. The first-order chi connectivity index (χ1) is 7.70. The van der Waals surface area contributed by atoms with E-state index in [0.29, 0.717) is 16.6 Å². The molecule has 3 nitrogen and oxygen atoms in total. The van der Waals surface area contributed by atoms with Crippen LogP contribution >= 0.6 is 11.6 Å². The molecule has 0 saturated carbocycles. The number of nitrogens with zero attached hydrogens (tertiary/aromatic N) is 1. The Labute approximate surface area is 101 Å². The summed E-state index contributed by atoms with van der Waals surface area (Å²) in [6.45, 7) is 2.26. The van der Waals surface area contributed by atoms with Gasteiger partial charge in [-0.15, -0.1) is 0 Å². The van der Waals surface area contributed by atoms with E-state index in [4.69, 9.17) is 22.4 Å². The quantitative estimate of drug-likeness (QED) is 0.796. The number of nitrogens with two attached hydrogens (primary N) is 1. The molecule has 1 saturated heterocycles. The third-order valence-electron chi connectivity index (χ3n) is 3.14. The van der Waals surface area contributed by atoms with Gasteiger partial charge in [-0.05, 0) is 37.0 Å². The van der Waals surface area contributed by atoms with Crippen LogP contribution in [0, 0.1) is 5.92 Å². The van der Waals surface area contributed by atoms with Gasteiger partial charge in [0.25, 0.3) is 0 Å². The SMILES string of the molecule is Nc1ccc(N2CCC(CCO)C2)c(Cl)c1. The van der Waals surface area contributed by atoms with Gasteiger partial charge < -0.3 is 15.7 Å². The number of aliphatic hydroxyl groups is 1. The molecule has 0 aliphatic carbocycles. The van der Waals surface area contributed by atoms with Gasteiger partial charge in [0.05, 0.1) is 10.7 Å². The van der Waals surface area contributed by atoms with Crippen LogP contribution in [0.4, 0.5) is 11.4 Å². The smallest absolute Gasteiger partial charge is 0.0660 e. The van der Waals surface area contributed by atoms with Gasteiger partial charge in [-0.25, -0.2) is 0 Å². The van der Waals surface area contributed by atoms with Crippen molar-refractivity contribution in [2.45, 2.75) is 12.8 Å². The number of nitrogen functional groups attached to an aromatic ring is 1. The van der Waals surface area contributed by atoms with Crippen molar-refractivity contribution in [2.24, 2.45) is 5.92 Å². The summed E-state index contributed by atoms with van der Waals surface area (Å²) in [5.41, 5.74) is 7.41. The van der Waals surface area contributed by atoms with Gasteiger partial charge in [0.2, 0.25) is 0 Å². The Morgan fingerprint density at radius 1 is 1.50 bits per heavy atom. The number of anilines is 2. The van der Waals surface area contributed by atoms with Gasteiger partial charge in [0.15, 0.2) is 0 Å². The molecule has 1 aliphatic rings. The fourth-order valence-corrected chi connectivity index (χ4v) is 2.56. The summed E-state index contributed by atoms with van der Waals surface area (Å²) < 4.78 is 0. The van der Waals surface area contributed by atoms with Crippen molar-refractivity contribution in [1.29, 1.82) is 0 Å². The largest absolute Gasteiger partial charge is 0.399 e. The van der Waals surface area contributed by atoms with Crippen molar-refractivity contribution in [3.63, 3.8) is 0 Å². The van der Waals surface area contributed by atoms with Crippen LogP contribution in [-0.2, 0) is 0 Å². The molecule has 0 spiro atoms. The van der Waals surface area contributed by atoms with Crippen LogP contribution < -0.4 is 10.6 Å². The molecule has 1 aliphatic heterocycles. The van der Waals surface area contributed by atoms with Crippen LogP contribution in [0.2, 0.25) is 5.02 Å². The highest BCUT2D eigenvalue weighted by Crippen LogP contribution is 2.32. The number of halogens is 1. The lowest BCUT2D eigenvalue weighted by Gasteiger charge is -2.20. The lowest BCUT2D eigenvalue weighted by Crippen LogP contribution is -2.20. The van der Waals surface area contributed by atoms with Crippen molar-refractivity contribution in [3.05, 3.63) is 23.2 Å². The van der Waals surface area contributed by atoms with Gasteiger partial charge in [-0.2, -0.15) is 0 Å². The first kappa shape index (κ1) is 11.6. The van der Waals surface area contributed by atoms with Gasteiger partial charge in [0.1, 0.15) is 0 Å². The molecular weight excluding hydrogens is 224 g/mol. The van der Waals surface area contributed by atoms with E-state index in [1.54, 1.807) is 6.07 Å². The Morgan fingerprint density at radius 2 is 2.31 bits per heavy atom. The molecule has 1 atom stereocenters. The van der Waals surface area contributed by atoms with Crippen molar-refractivity contribution < 1.29 is 5.11 Å². The molecule has 0 aromatic heterocycles. The molecule has 0 bridgehead atoms. The highest BCUT2D eigenvalue weighted by molar-refractivity contribution is 6.33. The number of benzene rings is 1. The Hall–Kier alpha value is -0.930. The average molecular weight is 241 g/mol. The lowest BCUT2D eigenvalue weighted by molar-refractivity contribution is 0.263. The highest BCUT2D eigenvalue weighted by atomic mass is 35.5. The zero-order valence-electron chi connectivity index (χ0n) is 9.19. The predicted molar refractivity (Wildman–Crippen MR) is 67.9 cm³/mol.